The molecule has 0 aliphatic heterocycles. The van der Waals surface area contributed by atoms with Crippen molar-refractivity contribution < 1.29 is 8.78 Å². The standard InChI is InChI=1S/C13H9BrF2IN/c14-9-4-5-11(17)12(6-9)18-7-8-2-1-3-10(15)13(8)16/h1-6,18H,7H2. The predicted octanol–water partition coefficient (Wildman–Crippen LogP) is 4.94. The van der Waals surface area contributed by atoms with Crippen LogP contribution in [0.3, 0.4) is 0 Å². The first-order chi connectivity index (χ1) is 8.58. The molecule has 0 heterocycles. The van der Waals surface area contributed by atoms with Crippen LogP contribution in [-0.2, 0) is 6.54 Å². The van der Waals surface area contributed by atoms with Gasteiger partial charge in [-0.25, -0.2) is 8.78 Å². The molecule has 0 amide bonds. The first kappa shape index (κ1) is 13.7. The van der Waals surface area contributed by atoms with E-state index < -0.39 is 11.6 Å². The minimum absolute atomic E-state index is 0.246. The van der Waals surface area contributed by atoms with Crippen LogP contribution in [0, 0.1) is 15.2 Å². The summed E-state index contributed by atoms with van der Waals surface area (Å²) in [7, 11) is 0. The van der Waals surface area contributed by atoms with E-state index in [0.717, 1.165) is 19.8 Å². The van der Waals surface area contributed by atoms with Crippen molar-refractivity contribution in [2.75, 3.05) is 5.32 Å². The van der Waals surface area contributed by atoms with Crippen molar-refractivity contribution in [1.82, 2.24) is 0 Å². The molecule has 0 spiro atoms. The van der Waals surface area contributed by atoms with Crippen molar-refractivity contribution >= 4 is 44.2 Å². The highest BCUT2D eigenvalue weighted by Gasteiger charge is 2.08. The van der Waals surface area contributed by atoms with Gasteiger partial charge in [-0.15, -0.1) is 0 Å². The fraction of sp³-hybridized carbons (Fsp3) is 0.0769. The summed E-state index contributed by atoms with van der Waals surface area (Å²) in [5.41, 5.74) is 1.19. The van der Waals surface area contributed by atoms with Gasteiger partial charge in [0.15, 0.2) is 11.6 Å². The molecule has 5 heteroatoms. The molecule has 0 atom stereocenters. The van der Waals surface area contributed by atoms with Gasteiger partial charge in [-0.05, 0) is 46.9 Å². The molecule has 0 saturated carbocycles. The van der Waals surface area contributed by atoms with Crippen LogP contribution in [0.1, 0.15) is 5.56 Å². The zero-order chi connectivity index (χ0) is 13.1. The lowest BCUT2D eigenvalue weighted by molar-refractivity contribution is 0.500. The lowest BCUT2D eigenvalue weighted by Crippen LogP contribution is -2.04. The third-order valence-electron chi connectivity index (χ3n) is 2.43. The van der Waals surface area contributed by atoms with Crippen LogP contribution in [0.4, 0.5) is 14.5 Å². The Labute approximate surface area is 126 Å². The molecule has 0 aromatic heterocycles. The predicted molar refractivity (Wildman–Crippen MR) is 80.5 cm³/mol. The summed E-state index contributed by atoms with van der Waals surface area (Å²) in [6, 6.07) is 9.95. The lowest BCUT2D eigenvalue weighted by Gasteiger charge is -2.10. The summed E-state index contributed by atoms with van der Waals surface area (Å²) in [6.07, 6.45) is 0. The van der Waals surface area contributed by atoms with E-state index in [9.17, 15) is 8.78 Å². The Kier molecular flexibility index (Phi) is 4.55. The molecular formula is C13H9BrF2IN. The number of rotatable bonds is 3. The summed E-state index contributed by atoms with van der Waals surface area (Å²) >= 11 is 5.56. The average molecular weight is 424 g/mol. The van der Waals surface area contributed by atoms with Crippen LogP contribution < -0.4 is 5.32 Å². The minimum atomic E-state index is -0.821. The Morgan fingerprint density at radius 3 is 2.72 bits per heavy atom. The van der Waals surface area contributed by atoms with Gasteiger partial charge in [0, 0.05) is 25.8 Å². The van der Waals surface area contributed by atoms with Gasteiger partial charge in [-0.1, -0.05) is 28.1 Å². The van der Waals surface area contributed by atoms with E-state index in [1.165, 1.54) is 6.07 Å². The largest absolute Gasteiger partial charge is 0.380 e. The fourth-order valence-electron chi connectivity index (χ4n) is 1.51. The summed E-state index contributed by atoms with van der Waals surface area (Å²) in [5.74, 6) is -1.62. The van der Waals surface area contributed by atoms with E-state index in [1.54, 1.807) is 6.07 Å². The second-order valence-corrected chi connectivity index (χ2v) is 5.77. The maximum absolute atomic E-state index is 13.5. The molecule has 2 aromatic rings. The number of hydrogen-bond acceptors (Lipinski definition) is 1. The molecule has 0 bridgehead atoms. The third-order valence-corrected chi connectivity index (χ3v) is 3.86. The van der Waals surface area contributed by atoms with Crippen LogP contribution in [0.2, 0.25) is 0 Å². The Hall–Kier alpha value is -0.690. The van der Waals surface area contributed by atoms with Crippen LogP contribution >= 0.6 is 38.5 Å². The van der Waals surface area contributed by atoms with Gasteiger partial charge in [0.05, 0.1) is 0 Å². The van der Waals surface area contributed by atoms with E-state index in [4.69, 9.17) is 0 Å². The first-order valence-electron chi connectivity index (χ1n) is 5.20. The molecule has 0 aliphatic rings. The van der Waals surface area contributed by atoms with Crippen molar-refractivity contribution in [3.63, 3.8) is 0 Å². The van der Waals surface area contributed by atoms with E-state index in [2.05, 4.69) is 43.8 Å². The summed E-state index contributed by atoms with van der Waals surface area (Å²) in [5, 5.41) is 3.09. The van der Waals surface area contributed by atoms with E-state index in [1.807, 2.05) is 18.2 Å². The smallest absolute Gasteiger partial charge is 0.163 e. The maximum Gasteiger partial charge on any atom is 0.163 e. The first-order valence-corrected chi connectivity index (χ1v) is 7.07. The molecule has 0 unspecified atom stereocenters. The molecule has 18 heavy (non-hydrogen) atoms. The molecule has 2 rings (SSSR count). The van der Waals surface area contributed by atoms with Crippen molar-refractivity contribution in [3.05, 3.63) is 61.6 Å². The normalized spacial score (nSPS) is 10.4. The minimum Gasteiger partial charge on any atom is -0.380 e. The number of nitrogens with one attached hydrogen (secondary N) is 1. The van der Waals surface area contributed by atoms with Crippen molar-refractivity contribution in [3.8, 4) is 0 Å². The Morgan fingerprint density at radius 2 is 1.94 bits per heavy atom. The van der Waals surface area contributed by atoms with Gasteiger partial charge in [0.25, 0.3) is 0 Å². The topological polar surface area (TPSA) is 12.0 Å². The summed E-state index contributed by atoms with van der Waals surface area (Å²) in [6.45, 7) is 0.246. The molecule has 1 nitrogen and oxygen atoms in total. The second-order valence-electron chi connectivity index (χ2n) is 3.69. The third kappa shape index (κ3) is 3.20. The number of anilines is 1. The monoisotopic (exact) mass is 423 g/mol. The molecule has 2 aromatic carbocycles. The van der Waals surface area contributed by atoms with Gasteiger partial charge < -0.3 is 5.32 Å². The van der Waals surface area contributed by atoms with Crippen LogP contribution in [0.25, 0.3) is 0 Å². The highest BCUT2D eigenvalue weighted by atomic mass is 127. The van der Waals surface area contributed by atoms with Crippen LogP contribution in [0.5, 0.6) is 0 Å². The zero-order valence-corrected chi connectivity index (χ0v) is 12.9. The van der Waals surface area contributed by atoms with E-state index >= 15 is 0 Å². The zero-order valence-electron chi connectivity index (χ0n) is 9.18. The molecule has 0 aliphatic carbocycles. The van der Waals surface area contributed by atoms with Crippen molar-refractivity contribution in [2.24, 2.45) is 0 Å². The van der Waals surface area contributed by atoms with Crippen molar-refractivity contribution in [1.29, 1.82) is 0 Å². The molecule has 0 fully saturated rings. The molecular weight excluding hydrogens is 415 g/mol. The highest BCUT2D eigenvalue weighted by Crippen LogP contribution is 2.24. The Bertz CT molecular complexity index is 573. The molecule has 0 radical (unpaired) electrons. The van der Waals surface area contributed by atoms with Gasteiger partial charge in [-0.2, -0.15) is 0 Å². The second kappa shape index (κ2) is 5.97. The maximum atomic E-state index is 13.5. The summed E-state index contributed by atoms with van der Waals surface area (Å²) < 4.78 is 28.5. The number of hydrogen-bond donors (Lipinski definition) is 1. The Morgan fingerprint density at radius 1 is 1.17 bits per heavy atom. The quantitative estimate of drug-likeness (QED) is 0.689. The van der Waals surface area contributed by atoms with Gasteiger partial charge in [0.1, 0.15) is 0 Å². The number of benzene rings is 2. The van der Waals surface area contributed by atoms with Gasteiger partial charge >= 0.3 is 0 Å². The van der Waals surface area contributed by atoms with Crippen molar-refractivity contribution in [2.45, 2.75) is 6.54 Å². The highest BCUT2D eigenvalue weighted by molar-refractivity contribution is 14.1. The Balaban J connectivity index is 2.16. The van der Waals surface area contributed by atoms with E-state index in [0.29, 0.717) is 5.56 Å². The molecule has 1 N–H and O–H groups in total. The van der Waals surface area contributed by atoms with Crippen LogP contribution in [0.15, 0.2) is 40.9 Å². The molecule has 0 saturated heterocycles. The summed E-state index contributed by atoms with van der Waals surface area (Å²) in [4.78, 5) is 0. The van der Waals surface area contributed by atoms with Gasteiger partial charge in [-0.3, -0.25) is 0 Å². The van der Waals surface area contributed by atoms with Gasteiger partial charge in [0.2, 0.25) is 0 Å². The SMILES string of the molecule is Fc1cccc(CNc2cc(Br)ccc2I)c1F. The number of halogens is 4. The molecule has 94 valence electrons. The van der Waals surface area contributed by atoms with Crippen LogP contribution in [-0.4, -0.2) is 0 Å². The average Bonchev–Trinajstić information content (AvgIpc) is 2.35. The fourth-order valence-corrected chi connectivity index (χ4v) is 2.40. The lowest BCUT2D eigenvalue weighted by atomic mass is 10.2. The van der Waals surface area contributed by atoms with E-state index in [-0.39, 0.29) is 6.54 Å².